The fourth-order valence-electron chi connectivity index (χ4n) is 6.95. The largest absolute Gasteiger partial charge is 0.286 e. The minimum Gasteiger partial charge on any atom is -0.286 e. The molecular formula is C45H88NO3S+. The van der Waals surface area contributed by atoms with E-state index in [1.807, 2.05) is 0 Å². The minimum atomic E-state index is -3.97. The molecule has 0 aliphatic heterocycles. The van der Waals surface area contributed by atoms with Crippen molar-refractivity contribution in [2.24, 2.45) is 0 Å². The van der Waals surface area contributed by atoms with E-state index in [0.29, 0.717) is 17.4 Å². The van der Waals surface area contributed by atoms with Crippen molar-refractivity contribution in [1.29, 1.82) is 0 Å². The van der Waals surface area contributed by atoms with Gasteiger partial charge in [0.15, 0.2) is 0 Å². The molecular weight excluding hydrogens is 635 g/mol. The van der Waals surface area contributed by atoms with E-state index in [0.717, 1.165) is 19.3 Å². The first-order valence-electron chi connectivity index (χ1n) is 22.2. The molecule has 0 fully saturated rings. The van der Waals surface area contributed by atoms with E-state index in [4.69, 9.17) is 0 Å². The fourth-order valence-corrected chi connectivity index (χ4v) is 7.45. The molecule has 0 saturated carbocycles. The lowest BCUT2D eigenvalue weighted by atomic mass is 10.1. The first kappa shape index (κ1) is 49.1. The average molecular weight is 723 g/mol. The normalized spacial score (nSPS) is 12.8. The van der Waals surface area contributed by atoms with Crippen LogP contribution in [0.1, 0.15) is 239 Å². The van der Waals surface area contributed by atoms with Crippen LogP contribution in [0.2, 0.25) is 0 Å². The van der Waals surface area contributed by atoms with Crippen LogP contribution < -0.4 is 0 Å². The van der Waals surface area contributed by atoms with Crippen LogP contribution in [0.25, 0.3) is 0 Å². The average Bonchev–Trinajstić information content (AvgIpc) is 3.09. The van der Waals surface area contributed by atoms with E-state index < -0.39 is 10.1 Å². The molecule has 0 bridgehead atoms. The fraction of sp³-hybridized carbons (Fsp3) is 0.867. The Kier molecular flexibility index (Phi) is 37.1. The van der Waals surface area contributed by atoms with E-state index >= 15 is 0 Å². The predicted molar refractivity (Wildman–Crippen MR) is 223 cm³/mol. The molecule has 0 atom stereocenters. The minimum absolute atomic E-state index is 0.183. The Balaban J connectivity index is 5.05. The number of hydrogen-bond acceptors (Lipinski definition) is 2. The van der Waals surface area contributed by atoms with Gasteiger partial charge in [0.05, 0.1) is 12.3 Å². The van der Waals surface area contributed by atoms with E-state index in [1.54, 1.807) is 0 Å². The van der Waals surface area contributed by atoms with Crippen molar-refractivity contribution in [1.82, 2.24) is 0 Å². The van der Waals surface area contributed by atoms with Crippen molar-refractivity contribution in [3.8, 4) is 0 Å². The number of nitrogens with zero attached hydrogens (tertiary/aromatic N) is 1. The smallest absolute Gasteiger partial charge is 0.265 e. The van der Waals surface area contributed by atoms with Gasteiger partial charge >= 0.3 is 0 Å². The lowest BCUT2D eigenvalue weighted by molar-refractivity contribution is -0.773. The van der Waals surface area contributed by atoms with Crippen LogP contribution in [-0.4, -0.2) is 29.8 Å². The quantitative estimate of drug-likeness (QED) is 0.0389. The van der Waals surface area contributed by atoms with Crippen molar-refractivity contribution >= 4 is 10.1 Å². The van der Waals surface area contributed by atoms with Crippen LogP contribution in [-0.2, 0) is 10.1 Å². The van der Waals surface area contributed by atoms with E-state index in [2.05, 4.69) is 57.6 Å². The van der Waals surface area contributed by atoms with Crippen molar-refractivity contribution in [3.05, 3.63) is 36.8 Å². The van der Waals surface area contributed by atoms with Gasteiger partial charge < -0.3 is 0 Å². The van der Waals surface area contributed by atoms with Crippen molar-refractivity contribution < 1.29 is 17.5 Å². The van der Waals surface area contributed by atoms with Gasteiger partial charge in [0.1, 0.15) is 18.6 Å². The molecule has 0 heterocycles. The highest BCUT2D eigenvalue weighted by molar-refractivity contribution is 7.85. The predicted octanol–water partition coefficient (Wildman–Crippen LogP) is 15.6. The van der Waals surface area contributed by atoms with Crippen molar-refractivity contribution in [2.75, 3.05) is 12.3 Å². The standard InChI is InChI=1S/C45H87NO3S/c1-4-7-10-13-16-19-22-25-28-31-34-37-41-46(44-40-45-50(47,48)49,42-38-35-32-29-26-23-20-17-14-11-8-5-2)43-39-36-33-30-27-24-21-18-15-12-9-6-3/h37-39,41-43H,4-36,40,44-45H2,1-3H3/p+1/b41-37+,42-38+,43-39+. The second-order valence-corrected chi connectivity index (χ2v) is 17.0. The van der Waals surface area contributed by atoms with Crippen LogP contribution in [0.4, 0.5) is 0 Å². The Morgan fingerprint density at radius 1 is 0.380 bits per heavy atom. The van der Waals surface area contributed by atoms with Crippen molar-refractivity contribution in [3.63, 3.8) is 0 Å². The topological polar surface area (TPSA) is 54.4 Å². The molecule has 4 nitrogen and oxygen atoms in total. The molecule has 0 aliphatic carbocycles. The molecule has 5 heteroatoms. The molecule has 0 aromatic heterocycles. The Morgan fingerprint density at radius 3 is 0.860 bits per heavy atom. The highest BCUT2D eigenvalue weighted by Crippen LogP contribution is 2.19. The number of hydrogen-bond donors (Lipinski definition) is 1. The summed E-state index contributed by atoms with van der Waals surface area (Å²) in [5.41, 5.74) is 0. The van der Waals surface area contributed by atoms with Crippen LogP contribution >= 0.6 is 0 Å². The van der Waals surface area contributed by atoms with Crippen LogP contribution in [0.5, 0.6) is 0 Å². The molecule has 0 amide bonds. The van der Waals surface area contributed by atoms with Crippen LogP contribution in [0.15, 0.2) is 36.8 Å². The molecule has 0 radical (unpaired) electrons. The summed E-state index contributed by atoms with van der Waals surface area (Å²) >= 11 is 0. The molecule has 0 aromatic carbocycles. The molecule has 0 aliphatic rings. The Hall–Kier alpha value is -0.910. The van der Waals surface area contributed by atoms with Gasteiger partial charge in [-0.15, -0.1) is 0 Å². The molecule has 0 unspecified atom stereocenters. The molecule has 1 N–H and O–H groups in total. The highest BCUT2D eigenvalue weighted by atomic mass is 32.2. The zero-order chi connectivity index (χ0) is 36.7. The first-order chi connectivity index (χ1) is 24.4. The molecule has 296 valence electrons. The summed E-state index contributed by atoms with van der Waals surface area (Å²) in [4.78, 5) is 0. The number of unbranched alkanes of at least 4 members (excludes halogenated alkanes) is 30. The van der Waals surface area contributed by atoms with Gasteiger partial charge in [0.2, 0.25) is 0 Å². The zero-order valence-electron chi connectivity index (χ0n) is 34.0. The summed E-state index contributed by atoms with van der Waals surface area (Å²) in [6, 6.07) is 0. The lowest BCUT2D eigenvalue weighted by Gasteiger charge is -2.27. The molecule has 50 heavy (non-hydrogen) atoms. The maximum absolute atomic E-state index is 11.6. The Morgan fingerprint density at radius 2 is 0.620 bits per heavy atom. The second-order valence-electron chi connectivity index (χ2n) is 15.4. The van der Waals surface area contributed by atoms with E-state index in [9.17, 15) is 13.0 Å². The maximum Gasteiger partial charge on any atom is 0.265 e. The Bertz CT molecular complexity index is 795. The highest BCUT2D eigenvalue weighted by Gasteiger charge is 2.20. The molecule has 0 saturated heterocycles. The lowest BCUT2D eigenvalue weighted by Crippen LogP contribution is -2.33. The van der Waals surface area contributed by atoms with Gasteiger partial charge in [-0.1, -0.05) is 194 Å². The van der Waals surface area contributed by atoms with Crippen molar-refractivity contribution in [2.45, 2.75) is 239 Å². The van der Waals surface area contributed by atoms with Crippen LogP contribution in [0.3, 0.4) is 0 Å². The summed E-state index contributed by atoms with van der Waals surface area (Å²) in [5.74, 6) is -0.183. The van der Waals surface area contributed by atoms with Gasteiger partial charge in [0, 0.05) is 6.42 Å². The monoisotopic (exact) mass is 723 g/mol. The summed E-state index contributed by atoms with van der Waals surface area (Å²) in [6.07, 6.45) is 57.8. The zero-order valence-corrected chi connectivity index (χ0v) is 34.9. The number of allylic oxidation sites excluding steroid dienone is 3. The van der Waals surface area contributed by atoms with Crippen LogP contribution in [0, 0.1) is 0 Å². The van der Waals surface area contributed by atoms with Gasteiger partial charge in [-0.25, -0.2) is 4.48 Å². The number of quaternary nitrogens is 1. The van der Waals surface area contributed by atoms with Gasteiger partial charge in [-0.05, 0) is 56.8 Å². The third-order valence-electron chi connectivity index (χ3n) is 10.3. The third-order valence-corrected chi connectivity index (χ3v) is 11.1. The summed E-state index contributed by atoms with van der Waals surface area (Å²) in [7, 11) is -3.97. The SMILES string of the molecule is CCCCCCCCCCCC/C=C/[N+](/C=C/CCCCCCCCCCCC)(/C=C/CCCCCCCCCCCC)CCCS(=O)(=O)O. The van der Waals surface area contributed by atoms with E-state index in [1.165, 1.54) is 193 Å². The number of rotatable bonds is 40. The van der Waals surface area contributed by atoms with E-state index in [-0.39, 0.29) is 5.75 Å². The van der Waals surface area contributed by atoms with Gasteiger partial charge in [-0.3, -0.25) is 4.55 Å². The summed E-state index contributed by atoms with van der Waals surface area (Å²) in [5, 5.41) is 0. The Labute approximate surface area is 314 Å². The third kappa shape index (κ3) is 36.9. The van der Waals surface area contributed by atoms with Gasteiger partial charge in [0.25, 0.3) is 10.1 Å². The molecule has 0 rings (SSSR count). The second kappa shape index (κ2) is 37.8. The maximum atomic E-state index is 11.6. The summed E-state index contributed by atoms with van der Waals surface area (Å²) < 4.78 is 33.3. The summed E-state index contributed by atoms with van der Waals surface area (Å²) in [6.45, 7) is 7.49. The molecule has 0 spiro atoms. The van der Waals surface area contributed by atoms with Gasteiger partial charge in [-0.2, -0.15) is 8.42 Å². The molecule has 0 aromatic rings. The first-order valence-corrected chi connectivity index (χ1v) is 23.9.